The van der Waals surface area contributed by atoms with Crippen LogP contribution in [-0.4, -0.2) is 29.4 Å². The molecule has 0 bridgehead atoms. The van der Waals surface area contributed by atoms with E-state index in [9.17, 15) is 4.79 Å². The van der Waals surface area contributed by atoms with E-state index in [1.807, 2.05) is 11.8 Å². The summed E-state index contributed by atoms with van der Waals surface area (Å²) in [4.78, 5) is 14.2. The van der Waals surface area contributed by atoms with Gasteiger partial charge in [-0.25, -0.2) is 0 Å². The van der Waals surface area contributed by atoms with Crippen molar-refractivity contribution < 1.29 is 9.21 Å². The number of furan rings is 1. The summed E-state index contributed by atoms with van der Waals surface area (Å²) in [5, 5.41) is 0. The van der Waals surface area contributed by atoms with Crippen LogP contribution in [0, 0.1) is 0 Å². The van der Waals surface area contributed by atoms with Gasteiger partial charge in [0.25, 0.3) is 5.91 Å². The van der Waals surface area contributed by atoms with E-state index in [-0.39, 0.29) is 18.0 Å². The van der Waals surface area contributed by atoms with Crippen molar-refractivity contribution in [2.24, 2.45) is 5.73 Å². The maximum atomic E-state index is 12.3. The van der Waals surface area contributed by atoms with Gasteiger partial charge in [-0.15, -0.1) is 0 Å². The molecule has 0 spiro atoms. The number of piperidine rings is 1. The molecular weight excluding hydrogens is 284 g/mol. The van der Waals surface area contributed by atoms with Crippen molar-refractivity contribution in [3.8, 4) is 0 Å². The lowest BCUT2D eigenvalue weighted by Gasteiger charge is -2.37. The summed E-state index contributed by atoms with van der Waals surface area (Å²) in [5.41, 5.74) is 6.54. The van der Waals surface area contributed by atoms with Gasteiger partial charge in [0.05, 0.1) is 5.56 Å². The lowest BCUT2D eigenvalue weighted by molar-refractivity contribution is 0.0583. The van der Waals surface area contributed by atoms with Gasteiger partial charge >= 0.3 is 0 Å². The molecule has 1 aliphatic rings. The minimum absolute atomic E-state index is 0.00888. The summed E-state index contributed by atoms with van der Waals surface area (Å²) in [6, 6.07) is 1.86. The SMILES string of the molecule is CC(N)C1CCCCN1C(=O)c1coc(Br)c1. The number of hydrogen-bond donors (Lipinski definition) is 1. The molecule has 1 saturated heterocycles. The van der Waals surface area contributed by atoms with Crippen LogP contribution in [0.15, 0.2) is 21.4 Å². The fourth-order valence-corrected chi connectivity index (χ4v) is 2.68. The van der Waals surface area contributed by atoms with E-state index in [2.05, 4.69) is 15.9 Å². The fourth-order valence-electron chi connectivity index (χ4n) is 2.34. The molecule has 2 rings (SSSR count). The predicted molar refractivity (Wildman–Crippen MR) is 68.7 cm³/mol. The number of amides is 1. The van der Waals surface area contributed by atoms with Crippen molar-refractivity contribution in [2.45, 2.75) is 38.3 Å². The highest BCUT2D eigenvalue weighted by Crippen LogP contribution is 2.23. The first-order valence-corrected chi connectivity index (χ1v) is 6.69. The Hall–Kier alpha value is -0.810. The molecule has 1 aliphatic heterocycles. The minimum atomic E-state index is 0.00888. The zero-order chi connectivity index (χ0) is 12.4. The monoisotopic (exact) mass is 300 g/mol. The summed E-state index contributed by atoms with van der Waals surface area (Å²) in [6.07, 6.45) is 4.67. The quantitative estimate of drug-likeness (QED) is 0.912. The van der Waals surface area contributed by atoms with E-state index in [1.54, 1.807) is 6.07 Å². The largest absolute Gasteiger partial charge is 0.457 e. The average Bonchev–Trinajstić information content (AvgIpc) is 2.75. The van der Waals surface area contributed by atoms with Crippen molar-refractivity contribution in [3.05, 3.63) is 22.6 Å². The van der Waals surface area contributed by atoms with Gasteiger partial charge in [0.1, 0.15) is 6.26 Å². The maximum absolute atomic E-state index is 12.3. The third kappa shape index (κ3) is 2.72. The lowest BCUT2D eigenvalue weighted by Crippen LogP contribution is -2.51. The van der Waals surface area contributed by atoms with Crippen LogP contribution in [0.5, 0.6) is 0 Å². The third-order valence-electron chi connectivity index (χ3n) is 3.23. The number of nitrogens with two attached hydrogens (primary N) is 1. The molecule has 94 valence electrons. The van der Waals surface area contributed by atoms with E-state index >= 15 is 0 Å². The zero-order valence-corrected chi connectivity index (χ0v) is 11.4. The first kappa shape index (κ1) is 12.6. The van der Waals surface area contributed by atoms with E-state index in [1.165, 1.54) is 6.26 Å². The van der Waals surface area contributed by atoms with Gasteiger partial charge in [0, 0.05) is 24.7 Å². The summed E-state index contributed by atoms with van der Waals surface area (Å²) < 4.78 is 5.69. The second-order valence-electron chi connectivity index (χ2n) is 4.56. The number of halogens is 1. The summed E-state index contributed by atoms with van der Waals surface area (Å²) in [5.74, 6) is 0.0152. The van der Waals surface area contributed by atoms with Crippen molar-refractivity contribution in [3.63, 3.8) is 0 Å². The Bertz CT molecular complexity index is 403. The van der Waals surface area contributed by atoms with Gasteiger partial charge < -0.3 is 15.1 Å². The molecule has 5 heteroatoms. The predicted octanol–water partition coefficient (Wildman–Crippen LogP) is 2.38. The second-order valence-corrected chi connectivity index (χ2v) is 5.34. The third-order valence-corrected chi connectivity index (χ3v) is 3.65. The maximum Gasteiger partial charge on any atom is 0.257 e. The van der Waals surface area contributed by atoms with E-state index in [0.29, 0.717) is 10.2 Å². The Morgan fingerprint density at radius 3 is 3.00 bits per heavy atom. The lowest BCUT2D eigenvalue weighted by atomic mass is 9.96. The topological polar surface area (TPSA) is 59.5 Å². The van der Waals surface area contributed by atoms with Gasteiger partial charge in [-0.05, 0) is 42.1 Å². The van der Waals surface area contributed by atoms with Gasteiger partial charge in [-0.2, -0.15) is 0 Å². The summed E-state index contributed by atoms with van der Waals surface area (Å²) >= 11 is 3.21. The molecule has 2 N–H and O–H groups in total. The molecule has 0 aromatic carbocycles. The van der Waals surface area contributed by atoms with Crippen LogP contribution in [0.1, 0.15) is 36.5 Å². The molecule has 1 fully saturated rings. The Labute approximate surface area is 109 Å². The zero-order valence-electron chi connectivity index (χ0n) is 9.86. The van der Waals surface area contributed by atoms with E-state index in [0.717, 1.165) is 25.8 Å². The second kappa shape index (κ2) is 5.23. The average molecular weight is 301 g/mol. The van der Waals surface area contributed by atoms with Gasteiger partial charge in [0.2, 0.25) is 0 Å². The van der Waals surface area contributed by atoms with Crippen LogP contribution in [0.25, 0.3) is 0 Å². The van der Waals surface area contributed by atoms with Crippen LogP contribution >= 0.6 is 15.9 Å². The fraction of sp³-hybridized carbons (Fsp3) is 0.583. The molecule has 2 atom stereocenters. The molecule has 17 heavy (non-hydrogen) atoms. The van der Waals surface area contributed by atoms with Crippen molar-refractivity contribution >= 4 is 21.8 Å². The summed E-state index contributed by atoms with van der Waals surface area (Å²) in [7, 11) is 0. The molecule has 0 radical (unpaired) electrons. The van der Waals surface area contributed by atoms with Crippen LogP contribution in [0.2, 0.25) is 0 Å². The number of carbonyl (C=O) groups is 1. The molecule has 1 aromatic rings. The van der Waals surface area contributed by atoms with Crippen LogP contribution < -0.4 is 5.73 Å². The number of hydrogen-bond acceptors (Lipinski definition) is 3. The smallest absolute Gasteiger partial charge is 0.257 e. The highest BCUT2D eigenvalue weighted by atomic mass is 79.9. The van der Waals surface area contributed by atoms with Crippen molar-refractivity contribution in [2.75, 3.05) is 6.54 Å². The number of likely N-dealkylation sites (tertiary alicyclic amines) is 1. The normalized spacial score (nSPS) is 22.5. The van der Waals surface area contributed by atoms with Crippen molar-refractivity contribution in [1.82, 2.24) is 4.90 Å². The van der Waals surface area contributed by atoms with Crippen molar-refractivity contribution in [1.29, 1.82) is 0 Å². The van der Waals surface area contributed by atoms with E-state index in [4.69, 9.17) is 10.2 Å². The number of nitrogens with zero attached hydrogens (tertiary/aromatic N) is 1. The Kier molecular flexibility index (Phi) is 3.89. The molecule has 2 heterocycles. The molecule has 2 unspecified atom stereocenters. The number of rotatable bonds is 2. The van der Waals surface area contributed by atoms with Gasteiger partial charge in [-0.1, -0.05) is 0 Å². The Balaban J connectivity index is 2.16. The van der Waals surface area contributed by atoms with Crippen LogP contribution in [0.4, 0.5) is 0 Å². The van der Waals surface area contributed by atoms with Crippen LogP contribution in [0.3, 0.4) is 0 Å². The molecule has 1 aromatic heterocycles. The standard InChI is InChI=1S/C12H17BrN2O2/c1-8(14)10-4-2-3-5-15(10)12(16)9-6-11(13)17-7-9/h6-8,10H,2-5,14H2,1H3. The van der Waals surface area contributed by atoms with Gasteiger partial charge in [-0.3, -0.25) is 4.79 Å². The Morgan fingerprint density at radius 1 is 1.65 bits per heavy atom. The first-order valence-electron chi connectivity index (χ1n) is 5.90. The van der Waals surface area contributed by atoms with Crippen LogP contribution in [-0.2, 0) is 0 Å². The highest BCUT2D eigenvalue weighted by Gasteiger charge is 2.30. The van der Waals surface area contributed by atoms with E-state index < -0.39 is 0 Å². The molecule has 1 amide bonds. The molecule has 4 nitrogen and oxygen atoms in total. The van der Waals surface area contributed by atoms with Gasteiger partial charge in [0.15, 0.2) is 4.67 Å². The Morgan fingerprint density at radius 2 is 2.41 bits per heavy atom. The minimum Gasteiger partial charge on any atom is -0.457 e. The molecular formula is C12H17BrN2O2. The highest BCUT2D eigenvalue weighted by molar-refractivity contribution is 9.10. The summed E-state index contributed by atoms with van der Waals surface area (Å²) in [6.45, 7) is 2.75. The first-order chi connectivity index (χ1) is 8.09. The molecule has 0 aliphatic carbocycles. The number of carbonyl (C=O) groups excluding carboxylic acids is 1. The molecule has 0 saturated carbocycles.